The van der Waals surface area contributed by atoms with E-state index in [-0.39, 0.29) is 36.7 Å². The molecular formula is C17H31Cl2FN2. The molecule has 0 saturated carbocycles. The fourth-order valence-corrected chi connectivity index (χ4v) is 2.30. The minimum atomic E-state index is -0.203. The molecule has 0 aliphatic carbocycles. The molecule has 2 nitrogen and oxygen atoms in total. The maximum absolute atomic E-state index is 12.8. The van der Waals surface area contributed by atoms with Crippen molar-refractivity contribution in [1.29, 1.82) is 0 Å². The second kappa shape index (κ2) is 15.5. The van der Waals surface area contributed by atoms with Crippen molar-refractivity contribution in [2.45, 2.75) is 57.9 Å². The van der Waals surface area contributed by atoms with E-state index in [2.05, 4.69) is 12.2 Å². The number of hydrogen-bond acceptors (Lipinski definition) is 2. The van der Waals surface area contributed by atoms with Gasteiger partial charge >= 0.3 is 0 Å². The summed E-state index contributed by atoms with van der Waals surface area (Å²) in [5, 5.41) is 3.46. The SMILES string of the molecule is CCCCCCCNCCCC(N)c1ccc(F)cc1.Cl.Cl. The Morgan fingerprint density at radius 2 is 1.55 bits per heavy atom. The molecule has 1 atom stereocenters. The summed E-state index contributed by atoms with van der Waals surface area (Å²) in [6.07, 6.45) is 8.61. The molecule has 1 aromatic rings. The molecule has 5 heteroatoms. The average Bonchev–Trinajstić information content (AvgIpc) is 2.46. The number of nitrogens with one attached hydrogen (secondary N) is 1. The molecule has 1 unspecified atom stereocenters. The van der Waals surface area contributed by atoms with E-state index in [0.29, 0.717) is 0 Å². The molecule has 3 N–H and O–H groups in total. The second-order valence-corrected chi connectivity index (χ2v) is 5.46. The van der Waals surface area contributed by atoms with Gasteiger partial charge in [0, 0.05) is 6.04 Å². The summed E-state index contributed by atoms with van der Waals surface area (Å²) >= 11 is 0. The Hall–Kier alpha value is -0.350. The van der Waals surface area contributed by atoms with E-state index in [0.717, 1.165) is 31.5 Å². The van der Waals surface area contributed by atoms with E-state index in [4.69, 9.17) is 5.73 Å². The normalized spacial score (nSPS) is 11.4. The van der Waals surface area contributed by atoms with Crippen LogP contribution in [0.2, 0.25) is 0 Å². The third-order valence-corrected chi connectivity index (χ3v) is 3.62. The number of rotatable bonds is 11. The van der Waals surface area contributed by atoms with Gasteiger partial charge in [-0.3, -0.25) is 0 Å². The highest BCUT2D eigenvalue weighted by Crippen LogP contribution is 2.15. The van der Waals surface area contributed by atoms with Crippen molar-refractivity contribution in [2.24, 2.45) is 5.73 Å². The lowest BCUT2D eigenvalue weighted by Gasteiger charge is -2.12. The predicted molar refractivity (Wildman–Crippen MR) is 98.7 cm³/mol. The highest BCUT2D eigenvalue weighted by atomic mass is 35.5. The Labute approximate surface area is 147 Å². The minimum Gasteiger partial charge on any atom is -0.324 e. The third-order valence-electron chi connectivity index (χ3n) is 3.62. The molecule has 0 heterocycles. The number of benzene rings is 1. The van der Waals surface area contributed by atoms with E-state index < -0.39 is 0 Å². The van der Waals surface area contributed by atoms with E-state index in [1.165, 1.54) is 44.2 Å². The summed E-state index contributed by atoms with van der Waals surface area (Å²) in [5.41, 5.74) is 7.11. The average molecular weight is 353 g/mol. The summed E-state index contributed by atoms with van der Waals surface area (Å²) in [7, 11) is 0. The maximum atomic E-state index is 12.8. The maximum Gasteiger partial charge on any atom is 0.123 e. The van der Waals surface area contributed by atoms with Crippen molar-refractivity contribution in [3.05, 3.63) is 35.6 Å². The molecule has 0 aromatic heterocycles. The van der Waals surface area contributed by atoms with Crippen LogP contribution < -0.4 is 11.1 Å². The van der Waals surface area contributed by atoms with Gasteiger partial charge in [-0.25, -0.2) is 4.39 Å². The molecule has 0 bridgehead atoms. The fourth-order valence-electron chi connectivity index (χ4n) is 2.30. The van der Waals surface area contributed by atoms with Gasteiger partial charge in [-0.2, -0.15) is 0 Å². The number of hydrogen-bond donors (Lipinski definition) is 2. The smallest absolute Gasteiger partial charge is 0.123 e. The van der Waals surface area contributed by atoms with Gasteiger partial charge in [-0.05, 0) is 50.0 Å². The first-order valence-corrected chi connectivity index (χ1v) is 7.95. The topological polar surface area (TPSA) is 38.0 Å². The van der Waals surface area contributed by atoms with Gasteiger partial charge in [0.25, 0.3) is 0 Å². The molecule has 0 spiro atoms. The Balaban J connectivity index is 0. The standard InChI is InChI=1S/C17H29FN2.2ClH/c1-2-3-4-5-6-13-20-14-7-8-17(19)15-9-11-16(18)12-10-15;;/h9-12,17,20H,2-8,13-14,19H2,1H3;2*1H. The Kier molecular flexibility index (Phi) is 16.9. The van der Waals surface area contributed by atoms with Crippen molar-refractivity contribution in [1.82, 2.24) is 5.32 Å². The number of nitrogens with two attached hydrogens (primary N) is 1. The van der Waals surface area contributed by atoms with Crippen LogP contribution >= 0.6 is 24.8 Å². The van der Waals surface area contributed by atoms with E-state index in [9.17, 15) is 4.39 Å². The van der Waals surface area contributed by atoms with Crippen molar-refractivity contribution >= 4 is 24.8 Å². The van der Waals surface area contributed by atoms with Gasteiger partial charge in [0.2, 0.25) is 0 Å². The number of halogens is 3. The van der Waals surface area contributed by atoms with Gasteiger partial charge in [0.15, 0.2) is 0 Å². The van der Waals surface area contributed by atoms with Crippen molar-refractivity contribution < 1.29 is 4.39 Å². The lowest BCUT2D eigenvalue weighted by molar-refractivity contribution is 0.541. The van der Waals surface area contributed by atoms with Crippen LogP contribution in [0.1, 0.15) is 63.5 Å². The van der Waals surface area contributed by atoms with Crippen LogP contribution in [-0.2, 0) is 0 Å². The monoisotopic (exact) mass is 352 g/mol. The number of unbranched alkanes of at least 4 members (excludes halogenated alkanes) is 4. The lowest BCUT2D eigenvalue weighted by Crippen LogP contribution is -2.19. The Bertz CT molecular complexity index is 347. The van der Waals surface area contributed by atoms with Gasteiger partial charge in [0.1, 0.15) is 5.82 Å². The van der Waals surface area contributed by atoms with Crippen LogP contribution in [0.4, 0.5) is 4.39 Å². The molecular weight excluding hydrogens is 322 g/mol. The van der Waals surface area contributed by atoms with Crippen molar-refractivity contribution in [3.8, 4) is 0 Å². The van der Waals surface area contributed by atoms with Crippen molar-refractivity contribution in [3.63, 3.8) is 0 Å². The first kappa shape index (κ1) is 23.9. The third kappa shape index (κ3) is 11.2. The molecule has 0 radical (unpaired) electrons. The van der Waals surface area contributed by atoms with E-state index in [1.807, 2.05) is 0 Å². The van der Waals surface area contributed by atoms with Gasteiger partial charge < -0.3 is 11.1 Å². The molecule has 0 fully saturated rings. The molecule has 1 rings (SSSR count). The first-order chi connectivity index (χ1) is 9.74. The summed E-state index contributed by atoms with van der Waals surface area (Å²) in [4.78, 5) is 0. The molecule has 0 amide bonds. The highest BCUT2D eigenvalue weighted by molar-refractivity contribution is 5.85. The van der Waals surface area contributed by atoms with Gasteiger partial charge in [-0.1, -0.05) is 44.7 Å². The largest absolute Gasteiger partial charge is 0.324 e. The van der Waals surface area contributed by atoms with E-state index >= 15 is 0 Å². The Morgan fingerprint density at radius 1 is 0.955 bits per heavy atom. The van der Waals surface area contributed by atoms with Crippen LogP contribution in [0.5, 0.6) is 0 Å². The van der Waals surface area contributed by atoms with Crippen LogP contribution in [0.25, 0.3) is 0 Å². The summed E-state index contributed by atoms with van der Waals surface area (Å²) in [5.74, 6) is -0.203. The second-order valence-electron chi connectivity index (χ2n) is 5.46. The quantitative estimate of drug-likeness (QED) is 0.549. The molecule has 22 heavy (non-hydrogen) atoms. The summed E-state index contributed by atoms with van der Waals surface area (Å²) in [6.45, 7) is 4.36. The molecule has 0 saturated heterocycles. The Morgan fingerprint density at radius 3 is 2.18 bits per heavy atom. The zero-order chi connectivity index (χ0) is 14.6. The van der Waals surface area contributed by atoms with Crippen LogP contribution in [0.15, 0.2) is 24.3 Å². The molecule has 1 aromatic carbocycles. The molecule has 0 aliphatic rings. The molecule has 0 aliphatic heterocycles. The predicted octanol–water partition coefficient (Wildman–Crippen LogP) is 5.01. The van der Waals surface area contributed by atoms with E-state index in [1.54, 1.807) is 12.1 Å². The van der Waals surface area contributed by atoms with Crippen molar-refractivity contribution in [2.75, 3.05) is 13.1 Å². The minimum absolute atomic E-state index is 0. The fraction of sp³-hybridized carbons (Fsp3) is 0.647. The highest BCUT2D eigenvalue weighted by Gasteiger charge is 2.05. The van der Waals surface area contributed by atoms with Crippen LogP contribution in [0, 0.1) is 5.82 Å². The first-order valence-electron chi connectivity index (χ1n) is 7.95. The van der Waals surface area contributed by atoms with Gasteiger partial charge in [-0.15, -0.1) is 24.8 Å². The lowest BCUT2D eigenvalue weighted by atomic mass is 10.0. The summed E-state index contributed by atoms with van der Waals surface area (Å²) in [6, 6.07) is 6.53. The zero-order valence-corrected chi connectivity index (χ0v) is 15.2. The zero-order valence-electron chi connectivity index (χ0n) is 13.5. The molecule has 130 valence electrons. The van der Waals surface area contributed by atoms with Crippen LogP contribution in [0.3, 0.4) is 0 Å². The summed E-state index contributed by atoms with van der Waals surface area (Å²) < 4.78 is 12.8. The van der Waals surface area contributed by atoms with Gasteiger partial charge in [0.05, 0.1) is 0 Å². The van der Waals surface area contributed by atoms with Crippen LogP contribution in [-0.4, -0.2) is 13.1 Å².